The van der Waals surface area contributed by atoms with Crippen LogP contribution in [0.25, 0.3) is 0 Å². The van der Waals surface area contributed by atoms with Crippen molar-refractivity contribution in [3.63, 3.8) is 0 Å². The van der Waals surface area contributed by atoms with E-state index in [0.29, 0.717) is 6.42 Å². The topological polar surface area (TPSA) is 104 Å². The zero-order chi connectivity index (χ0) is 17.4. The van der Waals surface area contributed by atoms with E-state index >= 15 is 0 Å². The molecular formula is C17H27N3O3. The van der Waals surface area contributed by atoms with Gasteiger partial charge in [-0.05, 0) is 30.0 Å². The lowest BCUT2D eigenvalue weighted by Gasteiger charge is -2.20. The number of rotatable bonds is 9. The fourth-order valence-corrected chi connectivity index (χ4v) is 2.21. The van der Waals surface area contributed by atoms with Crippen molar-refractivity contribution in [2.75, 3.05) is 13.6 Å². The van der Waals surface area contributed by atoms with E-state index in [0.717, 1.165) is 12.0 Å². The lowest BCUT2D eigenvalue weighted by atomic mass is 9.96. The Labute approximate surface area is 137 Å². The second-order valence-corrected chi connectivity index (χ2v) is 5.80. The SMILES string of the molecule is CC[C@H](C)[C@H](N)C(=O)CN[C@@H](Cc1ccc(O)cc1)C(=O)NC. The Morgan fingerprint density at radius 2 is 1.87 bits per heavy atom. The van der Waals surface area contributed by atoms with Crippen LogP contribution in [0.5, 0.6) is 5.75 Å². The number of hydrogen-bond donors (Lipinski definition) is 4. The number of Topliss-reactive ketones (excluding diaryl/α,β-unsaturated/α-hetero) is 1. The number of carbonyl (C=O) groups is 2. The number of nitrogens with one attached hydrogen (secondary N) is 2. The molecule has 6 nitrogen and oxygen atoms in total. The Hall–Kier alpha value is -1.92. The minimum absolute atomic E-state index is 0.0572. The molecule has 5 N–H and O–H groups in total. The maximum Gasteiger partial charge on any atom is 0.237 e. The molecule has 0 spiro atoms. The van der Waals surface area contributed by atoms with Crippen LogP contribution in [0.15, 0.2) is 24.3 Å². The van der Waals surface area contributed by atoms with Crippen molar-refractivity contribution < 1.29 is 14.7 Å². The molecule has 0 aliphatic carbocycles. The summed E-state index contributed by atoms with van der Waals surface area (Å²) in [6, 6.07) is 5.59. The van der Waals surface area contributed by atoms with Crippen molar-refractivity contribution in [3.8, 4) is 5.75 Å². The summed E-state index contributed by atoms with van der Waals surface area (Å²) in [5, 5.41) is 14.9. The number of carbonyl (C=O) groups excluding carboxylic acids is 2. The Bertz CT molecular complexity index is 516. The van der Waals surface area contributed by atoms with E-state index in [1.165, 1.54) is 0 Å². The number of benzene rings is 1. The third-order valence-corrected chi connectivity index (χ3v) is 4.09. The zero-order valence-corrected chi connectivity index (χ0v) is 14.0. The summed E-state index contributed by atoms with van der Waals surface area (Å²) in [4.78, 5) is 24.1. The van der Waals surface area contributed by atoms with Gasteiger partial charge in [0.15, 0.2) is 5.78 Å². The van der Waals surface area contributed by atoms with Gasteiger partial charge in [-0.1, -0.05) is 32.4 Å². The average molecular weight is 321 g/mol. The summed E-state index contributed by atoms with van der Waals surface area (Å²) in [6.45, 7) is 3.99. The molecule has 1 aromatic rings. The third kappa shape index (κ3) is 6.00. The first-order chi connectivity index (χ1) is 10.9. The fraction of sp³-hybridized carbons (Fsp3) is 0.529. The minimum Gasteiger partial charge on any atom is -0.508 e. The van der Waals surface area contributed by atoms with Gasteiger partial charge < -0.3 is 16.2 Å². The number of amides is 1. The molecule has 0 aliphatic heterocycles. The van der Waals surface area contributed by atoms with Crippen LogP contribution < -0.4 is 16.4 Å². The van der Waals surface area contributed by atoms with Crippen LogP contribution in [0.3, 0.4) is 0 Å². The van der Waals surface area contributed by atoms with Crippen molar-refractivity contribution in [3.05, 3.63) is 29.8 Å². The molecule has 0 aromatic heterocycles. The maximum atomic E-state index is 12.1. The Morgan fingerprint density at radius 1 is 1.26 bits per heavy atom. The molecule has 128 valence electrons. The molecule has 0 radical (unpaired) electrons. The van der Waals surface area contributed by atoms with E-state index in [9.17, 15) is 14.7 Å². The number of phenolic OH excluding ortho intramolecular Hbond substituents is 1. The molecule has 1 amide bonds. The molecule has 0 saturated carbocycles. The highest BCUT2D eigenvalue weighted by Gasteiger charge is 2.23. The van der Waals surface area contributed by atoms with Crippen molar-refractivity contribution in [2.24, 2.45) is 11.7 Å². The summed E-state index contributed by atoms with van der Waals surface area (Å²) in [6.07, 6.45) is 1.26. The van der Waals surface area contributed by atoms with Crippen molar-refractivity contribution in [1.29, 1.82) is 0 Å². The summed E-state index contributed by atoms with van der Waals surface area (Å²) < 4.78 is 0. The van der Waals surface area contributed by atoms with E-state index in [-0.39, 0.29) is 29.9 Å². The molecule has 23 heavy (non-hydrogen) atoms. The van der Waals surface area contributed by atoms with Gasteiger partial charge in [0.25, 0.3) is 0 Å². The van der Waals surface area contributed by atoms with Gasteiger partial charge in [-0.3, -0.25) is 14.9 Å². The minimum atomic E-state index is -0.530. The molecule has 1 aromatic carbocycles. The van der Waals surface area contributed by atoms with E-state index in [2.05, 4.69) is 10.6 Å². The number of nitrogens with two attached hydrogens (primary N) is 1. The van der Waals surface area contributed by atoms with E-state index in [1.807, 2.05) is 13.8 Å². The van der Waals surface area contributed by atoms with Crippen LogP contribution in [0.1, 0.15) is 25.8 Å². The Balaban J connectivity index is 2.66. The largest absolute Gasteiger partial charge is 0.508 e. The zero-order valence-electron chi connectivity index (χ0n) is 14.0. The standard InChI is InChI=1S/C17H27N3O3/c1-4-11(2)16(18)15(22)10-20-14(17(23)19-3)9-12-5-7-13(21)8-6-12/h5-8,11,14,16,20-21H,4,9-10,18H2,1-3H3,(H,19,23)/t11-,14-,16-/m0/s1. The summed E-state index contributed by atoms with van der Waals surface area (Å²) in [5.41, 5.74) is 6.81. The van der Waals surface area contributed by atoms with Crippen LogP contribution in [-0.2, 0) is 16.0 Å². The van der Waals surface area contributed by atoms with Crippen LogP contribution in [0.2, 0.25) is 0 Å². The van der Waals surface area contributed by atoms with E-state index < -0.39 is 12.1 Å². The van der Waals surface area contributed by atoms with Gasteiger partial charge in [0, 0.05) is 7.05 Å². The lowest BCUT2D eigenvalue weighted by Crippen LogP contribution is -2.49. The molecule has 1 rings (SSSR count). The number of ketones is 1. The van der Waals surface area contributed by atoms with Gasteiger partial charge in [0.1, 0.15) is 5.75 Å². The normalized spacial score (nSPS) is 14.8. The molecule has 3 atom stereocenters. The highest BCUT2D eigenvalue weighted by molar-refractivity contribution is 5.87. The summed E-state index contributed by atoms with van der Waals surface area (Å²) in [7, 11) is 1.56. The number of phenols is 1. The monoisotopic (exact) mass is 321 g/mol. The fourth-order valence-electron chi connectivity index (χ4n) is 2.21. The third-order valence-electron chi connectivity index (χ3n) is 4.09. The first-order valence-electron chi connectivity index (χ1n) is 7.90. The maximum absolute atomic E-state index is 12.1. The van der Waals surface area contributed by atoms with Gasteiger partial charge in [-0.15, -0.1) is 0 Å². The smallest absolute Gasteiger partial charge is 0.237 e. The van der Waals surface area contributed by atoms with Gasteiger partial charge >= 0.3 is 0 Å². The summed E-state index contributed by atoms with van der Waals surface area (Å²) in [5.74, 6) is -0.00490. The highest BCUT2D eigenvalue weighted by atomic mass is 16.3. The molecule has 0 bridgehead atoms. The lowest BCUT2D eigenvalue weighted by molar-refractivity contribution is -0.123. The van der Waals surface area contributed by atoms with Crippen molar-refractivity contribution >= 4 is 11.7 Å². The van der Waals surface area contributed by atoms with Gasteiger partial charge in [0.05, 0.1) is 18.6 Å². The second-order valence-electron chi connectivity index (χ2n) is 5.80. The Morgan fingerprint density at radius 3 is 2.39 bits per heavy atom. The van der Waals surface area contributed by atoms with Crippen molar-refractivity contribution in [2.45, 2.75) is 38.8 Å². The quantitative estimate of drug-likeness (QED) is 0.533. The molecule has 0 aliphatic rings. The van der Waals surface area contributed by atoms with E-state index in [1.54, 1.807) is 31.3 Å². The highest BCUT2D eigenvalue weighted by Crippen LogP contribution is 2.11. The number of likely N-dealkylation sites (N-methyl/N-ethyl adjacent to an activating group) is 1. The molecule has 0 saturated heterocycles. The molecule has 0 fully saturated rings. The first-order valence-corrected chi connectivity index (χ1v) is 7.90. The summed E-state index contributed by atoms with van der Waals surface area (Å²) >= 11 is 0. The molecular weight excluding hydrogens is 294 g/mol. The molecule has 6 heteroatoms. The van der Waals surface area contributed by atoms with Crippen LogP contribution in [-0.4, -0.2) is 42.5 Å². The van der Waals surface area contributed by atoms with Crippen LogP contribution in [0, 0.1) is 5.92 Å². The number of hydrogen-bond acceptors (Lipinski definition) is 5. The van der Waals surface area contributed by atoms with Gasteiger partial charge in [-0.25, -0.2) is 0 Å². The van der Waals surface area contributed by atoms with Crippen LogP contribution in [0.4, 0.5) is 0 Å². The van der Waals surface area contributed by atoms with Gasteiger partial charge in [0.2, 0.25) is 5.91 Å². The predicted molar refractivity (Wildman–Crippen MR) is 90.1 cm³/mol. The van der Waals surface area contributed by atoms with Crippen LogP contribution >= 0.6 is 0 Å². The number of aromatic hydroxyl groups is 1. The Kier molecular flexibility index (Phi) is 7.71. The van der Waals surface area contributed by atoms with Gasteiger partial charge in [-0.2, -0.15) is 0 Å². The first kappa shape index (κ1) is 19.1. The average Bonchev–Trinajstić information content (AvgIpc) is 2.57. The van der Waals surface area contributed by atoms with E-state index in [4.69, 9.17) is 5.73 Å². The molecule has 0 unspecified atom stereocenters. The second kappa shape index (κ2) is 9.27. The molecule has 0 heterocycles. The van der Waals surface area contributed by atoms with Crippen molar-refractivity contribution in [1.82, 2.24) is 10.6 Å². The predicted octanol–water partition coefficient (Wildman–Crippen LogP) is 0.581.